The molecule has 3 rings (SSSR count). The molecule has 0 amide bonds. The summed E-state index contributed by atoms with van der Waals surface area (Å²) in [6, 6.07) is 5.97. The van der Waals surface area contributed by atoms with Gasteiger partial charge in [-0.2, -0.15) is 0 Å². The lowest BCUT2D eigenvalue weighted by atomic mass is 10.0. The van der Waals surface area contributed by atoms with Crippen LogP contribution in [0.3, 0.4) is 0 Å². The predicted molar refractivity (Wildman–Crippen MR) is 120 cm³/mol. The molecule has 1 fully saturated rings. The number of non-ortho nitro benzene ring substituents is 2. The van der Waals surface area contributed by atoms with Crippen molar-refractivity contribution in [1.82, 2.24) is 0 Å². The zero-order valence-corrected chi connectivity index (χ0v) is 18.2. The first-order valence-corrected chi connectivity index (χ1v) is 10.1. The molecule has 0 aliphatic carbocycles. The maximum Gasteiger partial charge on any atom is 0.299 e. The number of hydrogen-bond acceptors (Lipinski definition) is 12. The molecule has 1 heterocycles. The van der Waals surface area contributed by atoms with Crippen molar-refractivity contribution >= 4 is 34.1 Å². The molecule has 2 aromatic carbocycles. The third kappa shape index (κ3) is 5.92. The smallest absolute Gasteiger partial charge is 0.299 e. The molecule has 0 aromatic heterocycles. The van der Waals surface area contributed by atoms with Crippen molar-refractivity contribution in [3.05, 3.63) is 76.9 Å². The number of nitrogens with zero attached hydrogens (tertiary/aromatic N) is 4. The molecule has 3 atom stereocenters. The molecule has 0 spiro atoms. The van der Waals surface area contributed by atoms with Crippen molar-refractivity contribution in [1.29, 1.82) is 0 Å². The minimum atomic E-state index is -0.850. The summed E-state index contributed by atoms with van der Waals surface area (Å²) in [4.78, 5) is 41.6. The molecule has 1 saturated heterocycles. The molecular weight excluding hydrogens is 472 g/mol. The normalized spacial score (nSPS) is 19.5. The summed E-state index contributed by atoms with van der Waals surface area (Å²) in [6.45, 7) is 0.128. The van der Waals surface area contributed by atoms with Crippen LogP contribution in [0.5, 0.6) is 0 Å². The van der Waals surface area contributed by atoms with Gasteiger partial charge in [0.1, 0.15) is 11.4 Å². The zero-order chi connectivity index (χ0) is 25.7. The predicted octanol–water partition coefficient (Wildman–Crippen LogP) is 3.36. The molecule has 0 unspecified atom stereocenters. The molecule has 1 aliphatic rings. The maximum atomic E-state index is 11.4. The van der Waals surface area contributed by atoms with Gasteiger partial charge < -0.3 is 20.1 Å². The van der Waals surface area contributed by atoms with Crippen LogP contribution in [0.15, 0.2) is 36.4 Å². The van der Waals surface area contributed by atoms with Gasteiger partial charge in [-0.3, -0.25) is 40.5 Å². The summed E-state index contributed by atoms with van der Waals surface area (Å²) in [5.74, 6) is 0. The van der Waals surface area contributed by atoms with E-state index in [9.17, 15) is 40.5 Å². The summed E-state index contributed by atoms with van der Waals surface area (Å²) >= 11 is 0. The number of ether oxygens (including phenoxy) is 2. The summed E-state index contributed by atoms with van der Waals surface area (Å²) in [7, 11) is 1.38. The summed E-state index contributed by atoms with van der Waals surface area (Å²) < 4.78 is 11.2. The van der Waals surface area contributed by atoms with Crippen LogP contribution in [0.4, 0.5) is 34.1 Å². The van der Waals surface area contributed by atoms with Gasteiger partial charge in [-0.15, -0.1) is 0 Å². The molecule has 0 radical (unpaired) electrons. The second-order valence-corrected chi connectivity index (χ2v) is 7.50. The minimum Gasteiger partial charge on any atom is -0.377 e. The first-order valence-electron chi connectivity index (χ1n) is 10.1. The highest BCUT2D eigenvalue weighted by Crippen LogP contribution is 2.33. The van der Waals surface area contributed by atoms with E-state index in [0.29, 0.717) is 12.8 Å². The average Bonchev–Trinajstić information content (AvgIpc) is 2.82. The monoisotopic (exact) mass is 492 g/mol. The van der Waals surface area contributed by atoms with Crippen molar-refractivity contribution < 1.29 is 29.2 Å². The number of rotatable bonds is 10. The minimum absolute atomic E-state index is 0.0642. The molecule has 16 nitrogen and oxygen atoms in total. The SMILES string of the molecule is CO[C@H]1O[C@@H](CNc2ccc([N+](=O)[O-])cc2[N+](=O)[O-])CC[C@H]1Nc1ccc([N+](=O)[O-])cc1[N+](=O)[O-]. The number of nitro groups is 4. The summed E-state index contributed by atoms with van der Waals surface area (Å²) in [5.41, 5.74) is -1.61. The van der Waals surface area contributed by atoms with Gasteiger partial charge >= 0.3 is 0 Å². The molecule has 16 heteroatoms. The Hall–Kier alpha value is -4.44. The molecule has 2 aromatic rings. The second kappa shape index (κ2) is 10.7. The molecule has 2 N–H and O–H groups in total. The van der Waals surface area contributed by atoms with E-state index < -0.39 is 60.9 Å². The van der Waals surface area contributed by atoms with Crippen LogP contribution in [0.2, 0.25) is 0 Å². The average molecular weight is 492 g/mol. The topological polar surface area (TPSA) is 215 Å². The standard InChI is InChI=1S/C19H20N6O10/c1-34-19-16(21-15-6-3-12(23(28)29)9-18(15)25(32)33)7-4-13(35-19)10-20-14-5-2-11(22(26)27)8-17(14)24(30)31/h2-3,5-6,8-9,13,16,19-21H,4,7,10H2,1H3/t13-,16-,19+/m1/s1. The number of hydrogen-bond donors (Lipinski definition) is 2. The highest BCUT2D eigenvalue weighted by Gasteiger charge is 2.33. The van der Waals surface area contributed by atoms with Crippen molar-refractivity contribution in [2.45, 2.75) is 31.3 Å². The molecule has 1 aliphatic heterocycles. The van der Waals surface area contributed by atoms with Crippen molar-refractivity contribution in [3.63, 3.8) is 0 Å². The van der Waals surface area contributed by atoms with Crippen LogP contribution >= 0.6 is 0 Å². The molecule has 0 saturated carbocycles. The molecular formula is C19H20N6O10. The summed E-state index contributed by atoms with van der Waals surface area (Å²) in [6.07, 6.45) is -0.440. The van der Waals surface area contributed by atoms with Crippen molar-refractivity contribution in [2.24, 2.45) is 0 Å². The summed E-state index contributed by atoms with van der Waals surface area (Å²) in [5, 5.41) is 50.3. The lowest BCUT2D eigenvalue weighted by Gasteiger charge is -2.36. The van der Waals surface area contributed by atoms with Crippen LogP contribution in [0, 0.1) is 40.5 Å². The second-order valence-electron chi connectivity index (χ2n) is 7.50. The van der Waals surface area contributed by atoms with Crippen molar-refractivity contribution in [3.8, 4) is 0 Å². The van der Waals surface area contributed by atoms with E-state index in [0.717, 1.165) is 24.3 Å². The van der Waals surface area contributed by atoms with Crippen LogP contribution in [0.25, 0.3) is 0 Å². The fourth-order valence-corrected chi connectivity index (χ4v) is 3.63. The number of nitrogens with one attached hydrogen (secondary N) is 2. The van der Waals surface area contributed by atoms with Crippen molar-refractivity contribution in [2.75, 3.05) is 24.3 Å². The lowest BCUT2D eigenvalue weighted by Crippen LogP contribution is -2.46. The Morgan fingerprint density at radius 3 is 1.91 bits per heavy atom. The van der Waals surface area contributed by atoms with Crippen LogP contribution in [0.1, 0.15) is 12.8 Å². The van der Waals surface area contributed by atoms with Gasteiger partial charge in [0.2, 0.25) is 0 Å². The van der Waals surface area contributed by atoms with E-state index in [1.54, 1.807) is 0 Å². The number of anilines is 2. The van der Waals surface area contributed by atoms with Gasteiger partial charge in [0, 0.05) is 25.8 Å². The Morgan fingerprint density at radius 2 is 1.40 bits per heavy atom. The molecule has 35 heavy (non-hydrogen) atoms. The highest BCUT2D eigenvalue weighted by molar-refractivity contribution is 5.66. The van der Waals surface area contributed by atoms with Crippen LogP contribution in [-0.2, 0) is 9.47 Å². The number of benzene rings is 2. The van der Waals surface area contributed by atoms with Gasteiger partial charge in [0.05, 0.1) is 44.0 Å². The first-order chi connectivity index (χ1) is 16.6. The van der Waals surface area contributed by atoms with Gasteiger partial charge in [-0.25, -0.2) is 0 Å². The molecule has 0 bridgehead atoms. The Morgan fingerprint density at radius 1 is 0.857 bits per heavy atom. The van der Waals surface area contributed by atoms with E-state index in [2.05, 4.69) is 10.6 Å². The fourth-order valence-electron chi connectivity index (χ4n) is 3.63. The highest BCUT2D eigenvalue weighted by atomic mass is 16.7. The van der Waals surface area contributed by atoms with Crippen LogP contribution < -0.4 is 10.6 Å². The fraction of sp³-hybridized carbons (Fsp3) is 0.368. The third-order valence-electron chi connectivity index (χ3n) is 5.33. The van der Waals surface area contributed by atoms with E-state index in [1.807, 2.05) is 0 Å². The Kier molecular flexibility index (Phi) is 7.67. The van der Waals surface area contributed by atoms with Gasteiger partial charge in [-0.1, -0.05) is 0 Å². The van der Waals surface area contributed by atoms with Gasteiger partial charge in [-0.05, 0) is 25.0 Å². The largest absolute Gasteiger partial charge is 0.377 e. The first kappa shape index (κ1) is 25.2. The van der Waals surface area contributed by atoms with E-state index in [4.69, 9.17) is 9.47 Å². The number of nitro benzene ring substituents is 4. The van der Waals surface area contributed by atoms with E-state index >= 15 is 0 Å². The van der Waals surface area contributed by atoms with Crippen LogP contribution in [-0.4, -0.2) is 51.8 Å². The molecule has 186 valence electrons. The lowest BCUT2D eigenvalue weighted by molar-refractivity contribution is -0.393. The quantitative estimate of drug-likeness (QED) is 0.360. The third-order valence-corrected chi connectivity index (χ3v) is 5.33. The Bertz CT molecular complexity index is 1160. The zero-order valence-electron chi connectivity index (χ0n) is 18.2. The van der Waals surface area contributed by atoms with Gasteiger partial charge in [0.25, 0.3) is 22.7 Å². The number of methoxy groups -OCH3 is 1. The van der Waals surface area contributed by atoms with E-state index in [-0.39, 0.29) is 17.9 Å². The van der Waals surface area contributed by atoms with E-state index in [1.165, 1.54) is 19.2 Å². The Labute approximate surface area is 196 Å². The maximum absolute atomic E-state index is 11.4. The van der Waals surface area contributed by atoms with Gasteiger partial charge in [0.15, 0.2) is 6.29 Å². The Balaban J connectivity index is 1.68.